The maximum absolute atomic E-state index is 13.3. The highest BCUT2D eigenvalue weighted by Crippen LogP contribution is 2.38. The molecule has 37 heavy (non-hydrogen) atoms. The van der Waals surface area contributed by atoms with Gasteiger partial charge in [-0.05, 0) is 42.0 Å². The fraction of sp³-hybridized carbons (Fsp3) is 0.185. The van der Waals surface area contributed by atoms with Crippen molar-refractivity contribution >= 4 is 28.3 Å². The number of halogens is 1. The van der Waals surface area contributed by atoms with E-state index in [0.29, 0.717) is 52.7 Å². The Morgan fingerprint density at radius 2 is 1.81 bits per heavy atom. The Morgan fingerprint density at radius 3 is 2.51 bits per heavy atom. The van der Waals surface area contributed by atoms with E-state index in [1.807, 2.05) is 24.3 Å². The van der Waals surface area contributed by atoms with Crippen LogP contribution in [0.5, 0.6) is 17.2 Å². The van der Waals surface area contributed by atoms with Gasteiger partial charge in [-0.2, -0.15) is 4.39 Å². The molecule has 1 saturated heterocycles. The number of rotatable bonds is 8. The van der Waals surface area contributed by atoms with E-state index in [1.165, 1.54) is 24.7 Å². The maximum atomic E-state index is 13.3. The number of aromatic nitrogens is 3. The molecule has 0 unspecified atom stereocenters. The van der Waals surface area contributed by atoms with Crippen LogP contribution in [0.1, 0.15) is 0 Å². The van der Waals surface area contributed by atoms with Crippen molar-refractivity contribution in [2.75, 3.05) is 32.6 Å². The van der Waals surface area contributed by atoms with Crippen molar-refractivity contribution in [3.63, 3.8) is 0 Å². The van der Waals surface area contributed by atoms with Crippen LogP contribution in [0.4, 0.5) is 15.9 Å². The number of fused-ring (bicyclic) bond motifs is 1. The van der Waals surface area contributed by atoms with E-state index in [9.17, 15) is 9.18 Å². The normalized spacial score (nSPS) is 13.1. The number of ether oxygens (including phenoxy) is 3. The SMILES string of the molecule is C=CC(=O)N1CC(Oc2cc3c(Nc4cc(-c5ccc(F)nc5)ccc4OC)ncnc3cc2OC)C1. The molecule has 9 nitrogen and oxygen atoms in total. The van der Waals surface area contributed by atoms with Crippen LogP contribution in [0.15, 0.2) is 67.6 Å². The molecule has 1 amide bonds. The molecule has 0 saturated carbocycles. The zero-order chi connectivity index (χ0) is 25.9. The Bertz CT molecular complexity index is 1470. The lowest BCUT2D eigenvalue weighted by atomic mass is 10.1. The fourth-order valence-electron chi connectivity index (χ4n) is 4.08. The first-order valence-corrected chi connectivity index (χ1v) is 11.5. The first-order chi connectivity index (χ1) is 18.0. The topological polar surface area (TPSA) is 98.7 Å². The summed E-state index contributed by atoms with van der Waals surface area (Å²) < 4.78 is 30.5. The number of likely N-dealkylation sites (tertiary alicyclic amines) is 1. The average molecular weight is 502 g/mol. The fourth-order valence-corrected chi connectivity index (χ4v) is 4.08. The zero-order valence-corrected chi connectivity index (χ0v) is 20.3. The first kappa shape index (κ1) is 24.0. The summed E-state index contributed by atoms with van der Waals surface area (Å²) in [6, 6.07) is 12.1. The second-order valence-corrected chi connectivity index (χ2v) is 8.34. The van der Waals surface area contributed by atoms with Gasteiger partial charge in [-0.15, -0.1) is 0 Å². The third-order valence-electron chi connectivity index (χ3n) is 6.06. The van der Waals surface area contributed by atoms with Gasteiger partial charge in [-0.3, -0.25) is 4.79 Å². The Balaban J connectivity index is 1.47. The molecule has 1 aliphatic heterocycles. The summed E-state index contributed by atoms with van der Waals surface area (Å²) in [6.07, 6.45) is 4.05. The summed E-state index contributed by atoms with van der Waals surface area (Å²) >= 11 is 0. The number of hydrogen-bond donors (Lipinski definition) is 1. The second-order valence-electron chi connectivity index (χ2n) is 8.34. The Labute approximate surface area is 212 Å². The number of hydrogen-bond acceptors (Lipinski definition) is 8. The molecule has 0 spiro atoms. The molecule has 0 bridgehead atoms. The number of carbonyl (C=O) groups is 1. The van der Waals surface area contributed by atoms with E-state index in [0.717, 1.165) is 11.1 Å². The highest BCUT2D eigenvalue weighted by Gasteiger charge is 2.31. The maximum Gasteiger partial charge on any atom is 0.246 e. The molecule has 1 fully saturated rings. The number of amides is 1. The van der Waals surface area contributed by atoms with Crippen LogP contribution in [0.25, 0.3) is 22.0 Å². The summed E-state index contributed by atoms with van der Waals surface area (Å²) in [6.45, 7) is 4.44. The van der Waals surface area contributed by atoms with Crippen LogP contribution < -0.4 is 19.5 Å². The van der Waals surface area contributed by atoms with E-state index in [1.54, 1.807) is 31.3 Å². The largest absolute Gasteiger partial charge is 0.495 e. The van der Waals surface area contributed by atoms with Crippen LogP contribution in [-0.2, 0) is 4.79 Å². The van der Waals surface area contributed by atoms with Gasteiger partial charge in [-0.25, -0.2) is 15.0 Å². The minimum atomic E-state index is -0.543. The minimum absolute atomic E-state index is 0.127. The van der Waals surface area contributed by atoms with Gasteiger partial charge < -0.3 is 24.4 Å². The van der Waals surface area contributed by atoms with Gasteiger partial charge in [-0.1, -0.05) is 12.6 Å². The minimum Gasteiger partial charge on any atom is -0.495 e. The Morgan fingerprint density at radius 1 is 1.03 bits per heavy atom. The predicted octanol–water partition coefficient (Wildman–Crippen LogP) is 4.37. The lowest BCUT2D eigenvalue weighted by molar-refractivity contribution is -0.134. The number of pyridine rings is 1. The standard InChI is InChI=1S/C27H24FN5O4/c1-4-26(34)33-13-18(14-33)37-24-10-19-20(11-23(24)36-3)30-15-31-27(19)32-21-9-16(5-7-22(21)35-2)17-6-8-25(28)29-12-17/h4-12,15,18H,1,13-14H2,2-3H3,(H,30,31,32). The quantitative estimate of drug-likeness (QED) is 0.281. The van der Waals surface area contributed by atoms with Crippen LogP contribution in [0.3, 0.4) is 0 Å². The molecule has 10 heteroatoms. The predicted molar refractivity (Wildman–Crippen MR) is 137 cm³/mol. The number of nitrogens with zero attached hydrogens (tertiary/aromatic N) is 4. The second kappa shape index (κ2) is 10.1. The van der Waals surface area contributed by atoms with E-state index >= 15 is 0 Å². The molecular weight excluding hydrogens is 477 g/mol. The van der Waals surface area contributed by atoms with Gasteiger partial charge in [0.1, 0.15) is 24.0 Å². The lowest BCUT2D eigenvalue weighted by Crippen LogP contribution is -2.55. The van der Waals surface area contributed by atoms with E-state index < -0.39 is 5.95 Å². The third-order valence-corrected chi connectivity index (χ3v) is 6.06. The molecule has 188 valence electrons. The van der Waals surface area contributed by atoms with E-state index in [-0.39, 0.29) is 12.0 Å². The van der Waals surface area contributed by atoms with Crippen molar-refractivity contribution in [3.05, 3.63) is 73.6 Å². The summed E-state index contributed by atoms with van der Waals surface area (Å²) in [5, 5.41) is 4.03. The number of nitrogens with one attached hydrogen (secondary N) is 1. The van der Waals surface area contributed by atoms with Gasteiger partial charge in [0.15, 0.2) is 11.5 Å². The number of carbonyl (C=O) groups excluding carboxylic acids is 1. The van der Waals surface area contributed by atoms with Crippen LogP contribution in [0, 0.1) is 5.95 Å². The van der Waals surface area contributed by atoms with Gasteiger partial charge in [0.2, 0.25) is 11.9 Å². The summed E-state index contributed by atoms with van der Waals surface area (Å²) in [4.78, 5) is 26.0. The molecule has 0 aliphatic carbocycles. The van der Waals surface area contributed by atoms with Crippen LogP contribution >= 0.6 is 0 Å². The molecule has 0 atom stereocenters. The van der Waals surface area contributed by atoms with Crippen molar-refractivity contribution in [3.8, 4) is 28.4 Å². The van der Waals surface area contributed by atoms with Gasteiger partial charge in [0.05, 0.1) is 38.5 Å². The smallest absolute Gasteiger partial charge is 0.246 e. The first-order valence-electron chi connectivity index (χ1n) is 11.5. The van der Waals surface area contributed by atoms with Crippen molar-refractivity contribution < 1.29 is 23.4 Å². The van der Waals surface area contributed by atoms with Gasteiger partial charge in [0.25, 0.3) is 0 Å². The van der Waals surface area contributed by atoms with Crippen LogP contribution in [0.2, 0.25) is 0 Å². The lowest BCUT2D eigenvalue weighted by Gasteiger charge is -2.38. The average Bonchev–Trinajstić information content (AvgIpc) is 2.90. The van der Waals surface area contributed by atoms with Crippen molar-refractivity contribution in [2.24, 2.45) is 0 Å². The molecule has 1 aliphatic rings. The third kappa shape index (κ3) is 4.86. The van der Waals surface area contributed by atoms with Crippen molar-refractivity contribution in [1.82, 2.24) is 19.9 Å². The van der Waals surface area contributed by atoms with Crippen LogP contribution in [-0.4, -0.2) is 59.2 Å². The zero-order valence-electron chi connectivity index (χ0n) is 20.3. The molecule has 2 aromatic heterocycles. The summed E-state index contributed by atoms with van der Waals surface area (Å²) in [7, 11) is 3.14. The molecular formula is C27H24FN5O4. The van der Waals surface area contributed by atoms with Crippen molar-refractivity contribution in [2.45, 2.75) is 6.10 Å². The molecule has 3 heterocycles. The molecule has 4 aromatic rings. The number of benzene rings is 2. The van der Waals surface area contributed by atoms with Gasteiger partial charge >= 0.3 is 0 Å². The monoisotopic (exact) mass is 501 g/mol. The molecule has 1 N–H and O–H groups in total. The molecule has 5 rings (SSSR count). The molecule has 0 radical (unpaired) electrons. The highest BCUT2D eigenvalue weighted by atomic mass is 19.1. The summed E-state index contributed by atoms with van der Waals surface area (Å²) in [5.41, 5.74) is 2.88. The number of methoxy groups -OCH3 is 2. The van der Waals surface area contributed by atoms with Gasteiger partial charge in [0, 0.05) is 23.2 Å². The number of anilines is 2. The van der Waals surface area contributed by atoms with E-state index in [4.69, 9.17) is 14.2 Å². The highest BCUT2D eigenvalue weighted by molar-refractivity contribution is 5.94. The van der Waals surface area contributed by atoms with E-state index in [2.05, 4.69) is 26.8 Å². The Kier molecular flexibility index (Phi) is 6.55. The Hall–Kier alpha value is -4.73. The molecule has 2 aromatic carbocycles. The summed E-state index contributed by atoms with van der Waals surface area (Å²) in [5.74, 6) is 1.49. The van der Waals surface area contributed by atoms with Crippen molar-refractivity contribution in [1.29, 1.82) is 0 Å².